The molecule has 8 heteroatoms. The third-order valence-corrected chi connectivity index (χ3v) is 3.95. The van der Waals surface area contributed by atoms with E-state index < -0.39 is 11.8 Å². The number of carbonyl (C=O) groups is 2. The Morgan fingerprint density at radius 1 is 1.22 bits per heavy atom. The molecule has 0 saturated carbocycles. The summed E-state index contributed by atoms with van der Waals surface area (Å²) in [5, 5.41) is 12.4. The summed E-state index contributed by atoms with van der Waals surface area (Å²) in [6, 6.07) is 13.9. The summed E-state index contributed by atoms with van der Waals surface area (Å²) >= 11 is 0. The molecule has 0 spiro atoms. The Balaban J connectivity index is 1.70. The van der Waals surface area contributed by atoms with Crippen molar-refractivity contribution >= 4 is 17.5 Å². The van der Waals surface area contributed by atoms with E-state index in [0.29, 0.717) is 23.5 Å². The van der Waals surface area contributed by atoms with Gasteiger partial charge in [-0.1, -0.05) is 18.2 Å². The van der Waals surface area contributed by atoms with E-state index in [1.54, 1.807) is 55.6 Å². The van der Waals surface area contributed by atoms with Crippen LogP contribution in [0.5, 0.6) is 11.6 Å². The number of anilines is 1. The molecule has 0 radical (unpaired) electrons. The third kappa shape index (κ3) is 4.06. The zero-order valence-corrected chi connectivity index (χ0v) is 14.5. The average Bonchev–Trinajstić information content (AvgIpc) is 3.03. The van der Waals surface area contributed by atoms with Crippen molar-refractivity contribution in [3.05, 3.63) is 71.7 Å². The van der Waals surface area contributed by atoms with Gasteiger partial charge in [-0.05, 0) is 35.9 Å². The molecule has 3 rings (SSSR count). The Morgan fingerprint density at radius 2 is 1.96 bits per heavy atom. The molecule has 27 heavy (non-hydrogen) atoms. The molecule has 0 aliphatic heterocycles. The number of primary amides is 1. The summed E-state index contributed by atoms with van der Waals surface area (Å²) in [7, 11) is 1.54. The lowest BCUT2D eigenvalue weighted by Crippen LogP contribution is -2.17. The molecule has 0 fully saturated rings. The highest BCUT2D eigenvalue weighted by atomic mass is 16.5. The maximum atomic E-state index is 12.3. The lowest BCUT2D eigenvalue weighted by molar-refractivity contribution is 0.0987. The van der Waals surface area contributed by atoms with Gasteiger partial charge in [-0.3, -0.25) is 9.59 Å². The summed E-state index contributed by atoms with van der Waals surface area (Å²) in [5.41, 5.74) is 7.15. The van der Waals surface area contributed by atoms with Crippen LogP contribution in [0.25, 0.3) is 0 Å². The smallest absolute Gasteiger partial charge is 0.271 e. The molecule has 2 amide bonds. The number of nitrogens with zero attached hydrogens (tertiary/aromatic N) is 2. The number of benzene rings is 2. The summed E-state index contributed by atoms with van der Waals surface area (Å²) in [4.78, 5) is 27.4. The molecule has 0 aliphatic carbocycles. The van der Waals surface area contributed by atoms with Crippen molar-refractivity contribution in [1.82, 2.24) is 9.55 Å². The van der Waals surface area contributed by atoms with Gasteiger partial charge in [0.1, 0.15) is 5.75 Å². The van der Waals surface area contributed by atoms with Crippen molar-refractivity contribution < 1.29 is 19.4 Å². The van der Waals surface area contributed by atoms with Gasteiger partial charge >= 0.3 is 0 Å². The molecule has 4 N–H and O–H groups in total. The predicted molar refractivity (Wildman–Crippen MR) is 98.9 cm³/mol. The fourth-order valence-electron chi connectivity index (χ4n) is 2.60. The average molecular weight is 366 g/mol. The number of nitrogens with one attached hydrogen (secondary N) is 1. The maximum Gasteiger partial charge on any atom is 0.271 e. The number of aromatic hydroxyl groups is 1. The number of imidazole rings is 1. The molecule has 3 aromatic rings. The van der Waals surface area contributed by atoms with Gasteiger partial charge in [-0.2, -0.15) is 0 Å². The first kappa shape index (κ1) is 18.0. The second-order valence-electron chi connectivity index (χ2n) is 5.79. The third-order valence-electron chi connectivity index (χ3n) is 3.95. The van der Waals surface area contributed by atoms with Gasteiger partial charge < -0.3 is 25.5 Å². The van der Waals surface area contributed by atoms with Crippen molar-refractivity contribution in [3.63, 3.8) is 0 Å². The lowest BCUT2D eigenvalue weighted by atomic mass is 10.1. The minimum absolute atomic E-state index is 0.0506. The van der Waals surface area contributed by atoms with Crippen LogP contribution < -0.4 is 15.8 Å². The number of methoxy groups -OCH3 is 1. The van der Waals surface area contributed by atoms with E-state index in [0.717, 1.165) is 5.56 Å². The van der Waals surface area contributed by atoms with Gasteiger partial charge in [0.25, 0.3) is 11.8 Å². The van der Waals surface area contributed by atoms with Crippen LogP contribution in [0.15, 0.2) is 54.9 Å². The SMILES string of the molecule is COc1cccc(C(=O)Nc2ccc(Cn3cnc(O)c3C(N)=O)cc2)c1. The number of rotatable bonds is 6. The van der Waals surface area contributed by atoms with Gasteiger partial charge in [0.05, 0.1) is 13.4 Å². The molecule has 2 aromatic carbocycles. The number of amides is 2. The molecule has 0 unspecified atom stereocenters. The second kappa shape index (κ2) is 7.61. The highest BCUT2D eigenvalue weighted by Crippen LogP contribution is 2.18. The Hall–Kier alpha value is -3.81. The van der Waals surface area contributed by atoms with Gasteiger partial charge in [-0.25, -0.2) is 4.98 Å². The van der Waals surface area contributed by atoms with Gasteiger partial charge in [-0.15, -0.1) is 0 Å². The Morgan fingerprint density at radius 3 is 2.63 bits per heavy atom. The Kier molecular flexibility index (Phi) is 5.07. The predicted octanol–water partition coefficient (Wildman–Crippen LogP) is 2.00. The molecule has 0 saturated heterocycles. The first-order valence-electron chi connectivity index (χ1n) is 8.06. The number of carbonyl (C=O) groups excluding carboxylic acids is 2. The highest BCUT2D eigenvalue weighted by molar-refractivity contribution is 6.04. The van der Waals surface area contributed by atoms with E-state index in [4.69, 9.17) is 10.5 Å². The fourth-order valence-corrected chi connectivity index (χ4v) is 2.60. The largest absolute Gasteiger partial charge is 0.497 e. The molecular formula is C19H18N4O4. The minimum atomic E-state index is -0.757. The first-order valence-corrected chi connectivity index (χ1v) is 8.06. The first-order chi connectivity index (χ1) is 13.0. The maximum absolute atomic E-state index is 12.3. The van der Waals surface area contributed by atoms with E-state index >= 15 is 0 Å². The van der Waals surface area contributed by atoms with E-state index in [2.05, 4.69) is 10.3 Å². The van der Waals surface area contributed by atoms with Crippen LogP contribution in [-0.2, 0) is 6.54 Å². The van der Waals surface area contributed by atoms with Gasteiger partial charge in [0.2, 0.25) is 5.88 Å². The van der Waals surface area contributed by atoms with Crippen LogP contribution in [0.2, 0.25) is 0 Å². The molecule has 1 heterocycles. The highest BCUT2D eigenvalue weighted by Gasteiger charge is 2.15. The molecule has 8 nitrogen and oxygen atoms in total. The van der Waals surface area contributed by atoms with E-state index in [9.17, 15) is 14.7 Å². The van der Waals surface area contributed by atoms with Crippen LogP contribution in [0.1, 0.15) is 26.4 Å². The van der Waals surface area contributed by atoms with E-state index in [1.807, 2.05) is 0 Å². The van der Waals surface area contributed by atoms with Gasteiger partial charge in [0, 0.05) is 17.8 Å². The van der Waals surface area contributed by atoms with Crippen molar-refractivity contribution in [2.75, 3.05) is 12.4 Å². The number of aromatic nitrogens is 2. The molecule has 138 valence electrons. The van der Waals surface area contributed by atoms with E-state index in [1.165, 1.54) is 10.9 Å². The van der Waals surface area contributed by atoms with Crippen LogP contribution >= 0.6 is 0 Å². The van der Waals surface area contributed by atoms with Crippen LogP contribution in [-0.4, -0.2) is 33.6 Å². The summed E-state index contributed by atoms with van der Waals surface area (Å²) in [5.74, 6) is -0.805. The second-order valence-corrected chi connectivity index (χ2v) is 5.79. The number of nitrogens with two attached hydrogens (primary N) is 1. The zero-order valence-electron chi connectivity index (χ0n) is 14.5. The van der Waals surface area contributed by atoms with Gasteiger partial charge in [0.15, 0.2) is 5.69 Å². The van der Waals surface area contributed by atoms with Crippen molar-refractivity contribution in [2.45, 2.75) is 6.54 Å². The molecule has 0 aliphatic rings. The normalized spacial score (nSPS) is 10.4. The zero-order chi connectivity index (χ0) is 19.4. The Labute approximate surface area is 155 Å². The topological polar surface area (TPSA) is 119 Å². The molecule has 0 atom stereocenters. The standard InChI is InChI=1S/C19H18N4O4/c1-27-15-4-2-3-13(9-15)18(25)22-14-7-5-12(6-8-14)10-23-11-21-19(26)16(23)17(20)24/h2-9,11,26H,10H2,1H3,(H2,20,24)(H,22,25). The lowest BCUT2D eigenvalue weighted by Gasteiger charge is -2.09. The summed E-state index contributed by atoms with van der Waals surface area (Å²) in [6.07, 6.45) is 1.34. The summed E-state index contributed by atoms with van der Waals surface area (Å²) < 4.78 is 6.58. The van der Waals surface area contributed by atoms with Crippen LogP contribution in [0, 0.1) is 0 Å². The number of hydrogen-bond acceptors (Lipinski definition) is 5. The quantitative estimate of drug-likeness (QED) is 0.616. The molecular weight excluding hydrogens is 348 g/mol. The Bertz CT molecular complexity index is 980. The minimum Gasteiger partial charge on any atom is -0.497 e. The number of hydrogen-bond donors (Lipinski definition) is 3. The summed E-state index contributed by atoms with van der Waals surface area (Å²) in [6.45, 7) is 0.302. The van der Waals surface area contributed by atoms with E-state index in [-0.39, 0.29) is 11.6 Å². The van der Waals surface area contributed by atoms with Crippen molar-refractivity contribution in [2.24, 2.45) is 5.73 Å². The van der Waals surface area contributed by atoms with Crippen LogP contribution in [0.3, 0.4) is 0 Å². The van der Waals surface area contributed by atoms with Crippen molar-refractivity contribution in [1.29, 1.82) is 0 Å². The van der Waals surface area contributed by atoms with Crippen molar-refractivity contribution in [3.8, 4) is 11.6 Å². The molecule has 1 aromatic heterocycles. The fraction of sp³-hybridized carbons (Fsp3) is 0.105. The molecule has 0 bridgehead atoms. The monoisotopic (exact) mass is 366 g/mol. The number of ether oxygens (including phenoxy) is 1. The van der Waals surface area contributed by atoms with Crippen LogP contribution in [0.4, 0.5) is 5.69 Å².